The van der Waals surface area contributed by atoms with Gasteiger partial charge < -0.3 is 5.11 Å². The van der Waals surface area contributed by atoms with Crippen molar-refractivity contribution in [1.82, 2.24) is 0 Å². The molecule has 2 nitrogen and oxygen atoms in total. The van der Waals surface area contributed by atoms with Crippen LogP contribution in [0.4, 0.5) is 0 Å². The maximum absolute atomic E-state index is 9.91. The van der Waals surface area contributed by atoms with Crippen LogP contribution in [0.15, 0.2) is 24.3 Å². The van der Waals surface area contributed by atoms with Crippen molar-refractivity contribution in [3.63, 3.8) is 0 Å². The summed E-state index contributed by atoms with van der Waals surface area (Å²) in [6.45, 7) is 2.07. The minimum atomic E-state index is -0.902. The van der Waals surface area contributed by atoms with Crippen LogP contribution in [0.2, 0.25) is 0 Å². The molecule has 0 aliphatic rings. The van der Waals surface area contributed by atoms with E-state index < -0.39 is 5.97 Å². The third-order valence-electron chi connectivity index (χ3n) is 0.941. The highest BCUT2D eigenvalue weighted by Crippen LogP contribution is 1.88. The van der Waals surface area contributed by atoms with Crippen LogP contribution in [-0.4, -0.2) is 11.1 Å². The van der Waals surface area contributed by atoms with Gasteiger partial charge in [-0.2, -0.15) is 0 Å². The summed E-state index contributed by atoms with van der Waals surface area (Å²) in [5.74, 6) is -0.902. The third-order valence-corrected chi connectivity index (χ3v) is 0.941. The number of carboxylic acid groups (broad SMARTS) is 1. The molecule has 2 heteroatoms. The fourth-order valence-electron chi connectivity index (χ4n) is 0.479. The Morgan fingerprint density at radius 3 is 2.70 bits per heavy atom. The maximum Gasteiger partial charge on any atom is 0.328 e. The van der Waals surface area contributed by atoms with Gasteiger partial charge in [-0.05, 0) is 6.42 Å². The summed E-state index contributed by atoms with van der Waals surface area (Å²) in [4.78, 5) is 9.91. The second-order valence-corrected chi connectivity index (χ2v) is 1.91. The van der Waals surface area contributed by atoms with E-state index in [1.807, 2.05) is 6.08 Å². The van der Waals surface area contributed by atoms with E-state index in [9.17, 15) is 4.79 Å². The molecule has 0 unspecified atom stereocenters. The Bertz CT molecular complexity index is 145. The van der Waals surface area contributed by atoms with Crippen LogP contribution >= 0.6 is 0 Å². The molecule has 0 rings (SSSR count). The average molecular weight is 140 g/mol. The highest BCUT2D eigenvalue weighted by atomic mass is 16.4. The molecule has 0 amide bonds. The molecule has 0 radical (unpaired) electrons. The normalized spacial score (nSPS) is 11.3. The van der Waals surface area contributed by atoms with Gasteiger partial charge in [0.2, 0.25) is 0 Å². The number of unbranched alkanes of at least 4 members (excludes halogenated alkanes) is 1. The first-order chi connectivity index (χ1) is 4.77. The van der Waals surface area contributed by atoms with Gasteiger partial charge in [0.1, 0.15) is 0 Å². The Morgan fingerprint density at radius 2 is 2.20 bits per heavy atom. The van der Waals surface area contributed by atoms with Gasteiger partial charge in [-0.15, -0.1) is 0 Å². The van der Waals surface area contributed by atoms with Crippen LogP contribution in [-0.2, 0) is 4.79 Å². The van der Waals surface area contributed by atoms with E-state index in [1.54, 1.807) is 6.08 Å². The van der Waals surface area contributed by atoms with E-state index >= 15 is 0 Å². The van der Waals surface area contributed by atoms with Crippen molar-refractivity contribution in [2.45, 2.75) is 19.8 Å². The number of carbonyl (C=O) groups is 1. The topological polar surface area (TPSA) is 37.3 Å². The first-order valence-electron chi connectivity index (χ1n) is 3.33. The molecule has 0 heterocycles. The van der Waals surface area contributed by atoms with Gasteiger partial charge in [0.15, 0.2) is 0 Å². The Labute approximate surface area is 60.9 Å². The van der Waals surface area contributed by atoms with Crippen molar-refractivity contribution in [1.29, 1.82) is 0 Å². The SMILES string of the molecule is CCCC=CC=CC(=O)O. The lowest BCUT2D eigenvalue weighted by molar-refractivity contribution is -0.131. The lowest BCUT2D eigenvalue weighted by Gasteiger charge is -1.79. The highest BCUT2D eigenvalue weighted by Gasteiger charge is 1.79. The lowest BCUT2D eigenvalue weighted by atomic mass is 10.3. The number of hydrogen-bond donors (Lipinski definition) is 1. The molecule has 0 spiro atoms. The molecule has 0 bridgehead atoms. The van der Waals surface area contributed by atoms with E-state index in [0.717, 1.165) is 18.9 Å². The lowest BCUT2D eigenvalue weighted by Crippen LogP contribution is -1.84. The van der Waals surface area contributed by atoms with Crippen LogP contribution in [0.1, 0.15) is 19.8 Å². The van der Waals surface area contributed by atoms with Gasteiger partial charge in [-0.3, -0.25) is 0 Å². The van der Waals surface area contributed by atoms with E-state index in [-0.39, 0.29) is 0 Å². The molecular weight excluding hydrogens is 128 g/mol. The standard InChI is InChI=1S/C8H12O2/c1-2-3-4-5-6-7-8(9)10/h4-7H,2-3H2,1H3,(H,9,10). The zero-order valence-corrected chi connectivity index (χ0v) is 6.08. The van der Waals surface area contributed by atoms with Crippen molar-refractivity contribution in [2.24, 2.45) is 0 Å². The molecule has 0 aromatic rings. The number of allylic oxidation sites excluding steroid dienone is 3. The van der Waals surface area contributed by atoms with Gasteiger partial charge in [0.25, 0.3) is 0 Å². The van der Waals surface area contributed by atoms with Gasteiger partial charge in [0.05, 0.1) is 0 Å². The van der Waals surface area contributed by atoms with E-state index in [1.165, 1.54) is 6.08 Å². The smallest absolute Gasteiger partial charge is 0.328 e. The second-order valence-electron chi connectivity index (χ2n) is 1.91. The largest absolute Gasteiger partial charge is 0.478 e. The van der Waals surface area contributed by atoms with Crippen LogP contribution in [0.3, 0.4) is 0 Å². The number of rotatable bonds is 4. The quantitative estimate of drug-likeness (QED) is 0.479. The first kappa shape index (κ1) is 8.95. The number of carboxylic acids is 1. The Kier molecular flexibility index (Phi) is 5.44. The van der Waals surface area contributed by atoms with Gasteiger partial charge in [0, 0.05) is 6.08 Å². The van der Waals surface area contributed by atoms with E-state index in [4.69, 9.17) is 5.11 Å². The molecular formula is C8H12O2. The van der Waals surface area contributed by atoms with Crippen molar-refractivity contribution in [3.8, 4) is 0 Å². The van der Waals surface area contributed by atoms with Crippen molar-refractivity contribution >= 4 is 5.97 Å². The molecule has 0 aliphatic heterocycles. The molecule has 0 fully saturated rings. The molecule has 56 valence electrons. The summed E-state index contributed by atoms with van der Waals surface area (Å²) in [5, 5.41) is 8.15. The van der Waals surface area contributed by atoms with Crippen molar-refractivity contribution in [3.05, 3.63) is 24.3 Å². The number of hydrogen-bond acceptors (Lipinski definition) is 1. The van der Waals surface area contributed by atoms with Gasteiger partial charge in [-0.1, -0.05) is 31.6 Å². The molecule has 10 heavy (non-hydrogen) atoms. The maximum atomic E-state index is 9.91. The predicted molar refractivity (Wildman–Crippen MR) is 40.8 cm³/mol. The number of aliphatic carboxylic acids is 1. The molecule has 0 aromatic heterocycles. The van der Waals surface area contributed by atoms with Gasteiger partial charge >= 0.3 is 5.97 Å². The minimum absolute atomic E-state index is 0.902. The monoisotopic (exact) mass is 140 g/mol. The van der Waals surface area contributed by atoms with Crippen LogP contribution in [0.25, 0.3) is 0 Å². The Hall–Kier alpha value is -1.05. The van der Waals surface area contributed by atoms with E-state index in [2.05, 4.69) is 6.92 Å². The van der Waals surface area contributed by atoms with Crippen LogP contribution < -0.4 is 0 Å². The molecule has 0 aliphatic carbocycles. The summed E-state index contributed by atoms with van der Waals surface area (Å²) in [5.41, 5.74) is 0. The summed E-state index contributed by atoms with van der Waals surface area (Å²) in [6, 6.07) is 0. The molecule has 0 saturated carbocycles. The Balaban J connectivity index is 3.42. The van der Waals surface area contributed by atoms with Crippen LogP contribution in [0.5, 0.6) is 0 Å². The van der Waals surface area contributed by atoms with Crippen LogP contribution in [0, 0.1) is 0 Å². The fraction of sp³-hybridized carbons (Fsp3) is 0.375. The molecule has 0 atom stereocenters. The first-order valence-corrected chi connectivity index (χ1v) is 3.33. The Morgan fingerprint density at radius 1 is 1.50 bits per heavy atom. The zero-order chi connectivity index (χ0) is 7.82. The zero-order valence-electron chi connectivity index (χ0n) is 6.08. The van der Waals surface area contributed by atoms with Crippen molar-refractivity contribution < 1.29 is 9.90 Å². The highest BCUT2D eigenvalue weighted by molar-refractivity contribution is 5.80. The van der Waals surface area contributed by atoms with Gasteiger partial charge in [-0.25, -0.2) is 4.79 Å². The third kappa shape index (κ3) is 6.95. The average Bonchev–Trinajstić information content (AvgIpc) is 1.87. The summed E-state index contributed by atoms with van der Waals surface area (Å²) < 4.78 is 0. The second kappa shape index (κ2) is 6.08. The van der Waals surface area contributed by atoms with E-state index in [0.29, 0.717) is 0 Å². The molecule has 1 N–H and O–H groups in total. The summed E-state index contributed by atoms with van der Waals surface area (Å²) in [6.07, 6.45) is 8.43. The fourth-order valence-corrected chi connectivity index (χ4v) is 0.479. The molecule has 0 saturated heterocycles. The molecule has 0 aromatic carbocycles. The van der Waals surface area contributed by atoms with Crippen molar-refractivity contribution in [2.75, 3.05) is 0 Å². The predicted octanol–water partition coefficient (Wildman–Crippen LogP) is 1.98. The summed E-state index contributed by atoms with van der Waals surface area (Å²) in [7, 11) is 0. The summed E-state index contributed by atoms with van der Waals surface area (Å²) >= 11 is 0. The minimum Gasteiger partial charge on any atom is -0.478 e.